The quantitative estimate of drug-likeness (QED) is 0.865. The third kappa shape index (κ3) is 2.77. The first-order valence-electron chi connectivity index (χ1n) is 7.64. The van der Waals surface area contributed by atoms with Crippen LogP contribution in [0.5, 0.6) is 0 Å². The molecule has 2 atom stereocenters. The number of nitrogens with zero attached hydrogens (tertiary/aromatic N) is 2. The van der Waals surface area contributed by atoms with Crippen LogP contribution in [0.4, 0.5) is 0 Å². The average Bonchev–Trinajstić information content (AvgIpc) is 3.13. The summed E-state index contributed by atoms with van der Waals surface area (Å²) >= 11 is 0. The number of nitrogens with one attached hydrogen (secondary N) is 1. The molecule has 2 unspecified atom stereocenters. The van der Waals surface area contributed by atoms with Gasteiger partial charge in [0, 0.05) is 18.8 Å². The van der Waals surface area contributed by atoms with E-state index in [-0.39, 0.29) is 0 Å². The second-order valence-electron chi connectivity index (χ2n) is 5.96. The standard InChI is InChI=1S/C15H25N3/c1-2-12-5-3-4-6-15(12)18-10-9-14(17-18)11-16-13-7-8-13/h9-10,12-13,15-16H,2-8,11H2,1H3. The van der Waals surface area contributed by atoms with E-state index in [1.807, 2.05) is 0 Å². The fourth-order valence-electron chi connectivity index (χ4n) is 3.21. The molecule has 2 aliphatic rings. The molecule has 2 fully saturated rings. The van der Waals surface area contributed by atoms with Crippen LogP contribution in [0, 0.1) is 5.92 Å². The lowest BCUT2D eigenvalue weighted by Crippen LogP contribution is -2.23. The zero-order chi connectivity index (χ0) is 12.4. The molecule has 1 aromatic rings. The van der Waals surface area contributed by atoms with Crippen molar-refractivity contribution >= 4 is 0 Å². The maximum absolute atomic E-state index is 4.79. The summed E-state index contributed by atoms with van der Waals surface area (Å²) in [6, 6.07) is 3.61. The molecule has 0 amide bonds. The van der Waals surface area contributed by atoms with Crippen LogP contribution in [0.1, 0.15) is 63.6 Å². The van der Waals surface area contributed by atoms with E-state index in [0.29, 0.717) is 6.04 Å². The first-order chi connectivity index (χ1) is 8.86. The molecule has 3 heteroatoms. The molecule has 0 spiro atoms. The van der Waals surface area contributed by atoms with Gasteiger partial charge in [0.05, 0.1) is 11.7 Å². The zero-order valence-corrected chi connectivity index (χ0v) is 11.4. The Morgan fingerprint density at radius 3 is 2.89 bits per heavy atom. The fraction of sp³-hybridized carbons (Fsp3) is 0.800. The lowest BCUT2D eigenvalue weighted by molar-refractivity contribution is 0.216. The van der Waals surface area contributed by atoms with Crippen molar-refractivity contribution in [3.05, 3.63) is 18.0 Å². The highest BCUT2D eigenvalue weighted by molar-refractivity contribution is 5.01. The van der Waals surface area contributed by atoms with Gasteiger partial charge in [-0.2, -0.15) is 5.10 Å². The van der Waals surface area contributed by atoms with Crippen LogP contribution >= 0.6 is 0 Å². The van der Waals surface area contributed by atoms with E-state index in [4.69, 9.17) is 5.10 Å². The molecule has 0 saturated heterocycles. The van der Waals surface area contributed by atoms with Gasteiger partial charge in [-0.15, -0.1) is 0 Å². The third-order valence-electron chi connectivity index (χ3n) is 4.55. The Labute approximate surface area is 110 Å². The van der Waals surface area contributed by atoms with Crippen LogP contribution in [0.15, 0.2) is 12.3 Å². The van der Waals surface area contributed by atoms with Gasteiger partial charge in [-0.1, -0.05) is 26.2 Å². The summed E-state index contributed by atoms with van der Waals surface area (Å²) in [6.45, 7) is 3.27. The number of rotatable bonds is 5. The van der Waals surface area contributed by atoms with Crippen molar-refractivity contribution in [1.29, 1.82) is 0 Å². The van der Waals surface area contributed by atoms with Crippen molar-refractivity contribution in [3.8, 4) is 0 Å². The fourth-order valence-corrected chi connectivity index (χ4v) is 3.21. The van der Waals surface area contributed by atoms with E-state index in [1.165, 1.54) is 50.6 Å². The molecule has 1 aromatic heterocycles. The van der Waals surface area contributed by atoms with Crippen molar-refractivity contribution in [2.45, 2.75) is 70.5 Å². The summed E-state index contributed by atoms with van der Waals surface area (Å²) in [7, 11) is 0. The topological polar surface area (TPSA) is 29.9 Å². The molecule has 1 heterocycles. The van der Waals surface area contributed by atoms with Crippen molar-refractivity contribution in [1.82, 2.24) is 15.1 Å². The van der Waals surface area contributed by atoms with Gasteiger partial charge in [0.15, 0.2) is 0 Å². The van der Waals surface area contributed by atoms with Gasteiger partial charge in [0.1, 0.15) is 0 Å². The lowest BCUT2D eigenvalue weighted by atomic mass is 9.83. The summed E-state index contributed by atoms with van der Waals surface area (Å²) < 4.78 is 2.25. The Morgan fingerprint density at radius 1 is 1.28 bits per heavy atom. The lowest BCUT2D eigenvalue weighted by Gasteiger charge is -2.31. The minimum atomic E-state index is 0.651. The number of hydrogen-bond acceptors (Lipinski definition) is 2. The van der Waals surface area contributed by atoms with Gasteiger partial charge in [-0.05, 0) is 37.7 Å². The minimum absolute atomic E-state index is 0.651. The number of aromatic nitrogens is 2. The van der Waals surface area contributed by atoms with E-state index in [0.717, 1.165) is 18.5 Å². The smallest absolute Gasteiger partial charge is 0.0762 e. The predicted molar refractivity (Wildman–Crippen MR) is 73.4 cm³/mol. The normalized spacial score (nSPS) is 28.5. The first-order valence-corrected chi connectivity index (χ1v) is 7.64. The van der Waals surface area contributed by atoms with E-state index >= 15 is 0 Å². The van der Waals surface area contributed by atoms with Crippen molar-refractivity contribution in [2.75, 3.05) is 0 Å². The van der Waals surface area contributed by atoms with E-state index in [9.17, 15) is 0 Å². The molecular formula is C15H25N3. The molecule has 0 radical (unpaired) electrons. The summed E-state index contributed by atoms with van der Waals surface area (Å²) in [5.74, 6) is 0.836. The molecule has 1 N–H and O–H groups in total. The molecule has 0 aliphatic heterocycles. The second kappa shape index (κ2) is 5.43. The van der Waals surface area contributed by atoms with E-state index < -0.39 is 0 Å². The van der Waals surface area contributed by atoms with Crippen LogP contribution in [0.3, 0.4) is 0 Å². The van der Waals surface area contributed by atoms with Crippen molar-refractivity contribution in [3.63, 3.8) is 0 Å². The van der Waals surface area contributed by atoms with Crippen LogP contribution < -0.4 is 5.32 Å². The highest BCUT2D eigenvalue weighted by atomic mass is 15.3. The second-order valence-corrected chi connectivity index (χ2v) is 5.96. The van der Waals surface area contributed by atoms with Gasteiger partial charge < -0.3 is 5.32 Å². The Kier molecular flexibility index (Phi) is 3.69. The molecule has 3 nitrogen and oxygen atoms in total. The molecule has 3 rings (SSSR count). The molecule has 0 bridgehead atoms. The van der Waals surface area contributed by atoms with E-state index in [2.05, 4.69) is 29.2 Å². The highest BCUT2D eigenvalue weighted by Crippen LogP contribution is 2.35. The monoisotopic (exact) mass is 247 g/mol. The van der Waals surface area contributed by atoms with Crippen LogP contribution in [-0.4, -0.2) is 15.8 Å². The largest absolute Gasteiger partial charge is 0.308 e. The van der Waals surface area contributed by atoms with Gasteiger partial charge in [0.2, 0.25) is 0 Å². The minimum Gasteiger partial charge on any atom is -0.308 e. The Bertz CT molecular complexity index is 381. The summed E-state index contributed by atoms with van der Waals surface area (Å²) in [5.41, 5.74) is 1.21. The predicted octanol–water partition coefficient (Wildman–Crippen LogP) is 3.28. The molecular weight excluding hydrogens is 222 g/mol. The SMILES string of the molecule is CCC1CCCCC1n1ccc(CNC2CC2)n1. The average molecular weight is 247 g/mol. The van der Waals surface area contributed by atoms with Crippen LogP contribution in [0.2, 0.25) is 0 Å². The van der Waals surface area contributed by atoms with Crippen LogP contribution in [-0.2, 0) is 6.54 Å². The molecule has 0 aromatic carbocycles. The van der Waals surface area contributed by atoms with Gasteiger partial charge in [-0.3, -0.25) is 4.68 Å². The van der Waals surface area contributed by atoms with Gasteiger partial charge in [-0.25, -0.2) is 0 Å². The Balaban J connectivity index is 1.62. The van der Waals surface area contributed by atoms with Crippen molar-refractivity contribution in [2.24, 2.45) is 5.92 Å². The molecule has 2 aliphatic carbocycles. The van der Waals surface area contributed by atoms with Crippen molar-refractivity contribution < 1.29 is 0 Å². The maximum Gasteiger partial charge on any atom is 0.0762 e. The Morgan fingerprint density at radius 2 is 2.11 bits per heavy atom. The first kappa shape index (κ1) is 12.2. The van der Waals surface area contributed by atoms with Gasteiger partial charge in [0.25, 0.3) is 0 Å². The summed E-state index contributed by atoms with van der Waals surface area (Å²) in [6.07, 6.45) is 11.7. The maximum atomic E-state index is 4.79. The van der Waals surface area contributed by atoms with E-state index in [1.54, 1.807) is 0 Å². The van der Waals surface area contributed by atoms with Gasteiger partial charge >= 0.3 is 0 Å². The zero-order valence-electron chi connectivity index (χ0n) is 11.4. The molecule has 18 heavy (non-hydrogen) atoms. The summed E-state index contributed by atoms with van der Waals surface area (Å²) in [5, 5.41) is 8.32. The summed E-state index contributed by atoms with van der Waals surface area (Å²) in [4.78, 5) is 0. The Hall–Kier alpha value is -0.830. The molecule has 2 saturated carbocycles. The highest BCUT2D eigenvalue weighted by Gasteiger charge is 2.26. The third-order valence-corrected chi connectivity index (χ3v) is 4.55. The number of hydrogen-bond donors (Lipinski definition) is 1. The molecule has 100 valence electrons. The van der Waals surface area contributed by atoms with Crippen LogP contribution in [0.25, 0.3) is 0 Å².